The van der Waals surface area contributed by atoms with Crippen molar-refractivity contribution in [2.45, 2.75) is 39.3 Å². The van der Waals surface area contributed by atoms with E-state index in [0.29, 0.717) is 0 Å². The summed E-state index contributed by atoms with van der Waals surface area (Å²) in [7, 11) is 0. The molecule has 114 valence electrons. The Kier molecular flexibility index (Phi) is 7.73. The summed E-state index contributed by atoms with van der Waals surface area (Å²) in [5.41, 5.74) is 0.738. The van der Waals surface area contributed by atoms with Crippen molar-refractivity contribution in [3.8, 4) is 0 Å². The molecule has 0 amide bonds. The third-order valence-electron chi connectivity index (χ3n) is 3.32. The number of ether oxygens (including phenoxy) is 1. The average molecular weight is 283 g/mol. The van der Waals surface area contributed by atoms with E-state index in [0.717, 1.165) is 31.7 Å². The Morgan fingerprint density at radius 1 is 1.25 bits per heavy atom. The van der Waals surface area contributed by atoms with Crippen LogP contribution < -0.4 is 5.32 Å². The van der Waals surface area contributed by atoms with E-state index in [-0.39, 0.29) is 17.8 Å². The van der Waals surface area contributed by atoms with Gasteiger partial charge < -0.3 is 15.2 Å². The van der Waals surface area contributed by atoms with Gasteiger partial charge >= 0.3 is 0 Å². The van der Waals surface area contributed by atoms with Crippen molar-refractivity contribution >= 4 is 0 Å². The maximum absolute atomic E-state index is 12.9. The predicted octanol–water partition coefficient (Wildman–Crippen LogP) is 2.90. The first-order valence-corrected chi connectivity index (χ1v) is 7.31. The Bertz CT molecular complexity index is 367. The van der Waals surface area contributed by atoms with Crippen molar-refractivity contribution in [1.29, 1.82) is 0 Å². The van der Waals surface area contributed by atoms with Crippen LogP contribution in [0.1, 0.15) is 38.9 Å². The fourth-order valence-corrected chi connectivity index (χ4v) is 2.17. The molecular weight excluding hydrogens is 257 g/mol. The molecule has 0 bridgehead atoms. The zero-order chi connectivity index (χ0) is 15.0. The molecule has 2 unspecified atom stereocenters. The van der Waals surface area contributed by atoms with Crippen LogP contribution >= 0.6 is 0 Å². The fourth-order valence-electron chi connectivity index (χ4n) is 2.17. The van der Waals surface area contributed by atoms with E-state index in [2.05, 4.69) is 19.2 Å². The van der Waals surface area contributed by atoms with E-state index in [4.69, 9.17) is 4.74 Å². The lowest BCUT2D eigenvalue weighted by Crippen LogP contribution is -2.40. The first kappa shape index (κ1) is 17.1. The van der Waals surface area contributed by atoms with E-state index in [1.54, 1.807) is 12.1 Å². The van der Waals surface area contributed by atoms with Gasteiger partial charge in [-0.2, -0.15) is 0 Å². The van der Waals surface area contributed by atoms with Crippen molar-refractivity contribution in [3.63, 3.8) is 0 Å². The molecule has 0 aliphatic heterocycles. The predicted molar refractivity (Wildman–Crippen MR) is 79.1 cm³/mol. The number of rotatable bonds is 9. The highest BCUT2D eigenvalue weighted by Crippen LogP contribution is 2.22. The summed E-state index contributed by atoms with van der Waals surface area (Å²) in [5, 5.41) is 13.8. The highest BCUT2D eigenvalue weighted by Gasteiger charge is 2.23. The van der Waals surface area contributed by atoms with Crippen LogP contribution in [0.4, 0.5) is 4.39 Å². The minimum atomic E-state index is -0.636. The van der Waals surface area contributed by atoms with Crippen LogP contribution in [-0.2, 0) is 4.74 Å². The number of hydrogen-bond donors (Lipinski definition) is 2. The van der Waals surface area contributed by atoms with Crippen molar-refractivity contribution in [1.82, 2.24) is 5.32 Å². The Hall–Kier alpha value is -0.970. The number of aliphatic hydroxyl groups excluding tert-OH is 1. The molecule has 0 aliphatic rings. The third kappa shape index (κ3) is 5.57. The van der Waals surface area contributed by atoms with E-state index in [1.165, 1.54) is 12.1 Å². The summed E-state index contributed by atoms with van der Waals surface area (Å²) in [4.78, 5) is 0. The van der Waals surface area contributed by atoms with Gasteiger partial charge in [-0.1, -0.05) is 26.0 Å². The van der Waals surface area contributed by atoms with Gasteiger partial charge in [-0.15, -0.1) is 0 Å². The molecule has 0 fully saturated rings. The van der Waals surface area contributed by atoms with Gasteiger partial charge in [0.15, 0.2) is 0 Å². The van der Waals surface area contributed by atoms with E-state index >= 15 is 0 Å². The maximum Gasteiger partial charge on any atom is 0.123 e. The van der Waals surface area contributed by atoms with Crippen molar-refractivity contribution in [3.05, 3.63) is 35.6 Å². The van der Waals surface area contributed by atoms with Crippen LogP contribution in [0.2, 0.25) is 0 Å². The van der Waals surface area contributed by atoms with Crippen molar-refractivity contribution in [2.24, 2.45) is 5.92 Å². The molecule has 0 heterocycles. The smallest absolute Gasteiger partial charge is 0.123 e. The largest absolute Gasteiger partial charge is 0.387 e. The Morgan fingerprint density at radius 3 is 2.45 bits per heavy atom. The van der Waals surface area contributed by atoms with Crippen LogP contribution in [-0.4, -0.2) is 30.9 Å². The highest BCUT2D eigenvalue weighted by molar-refractivity contribution is 5.20. The first-order valence-electron chi connectivity index (χ1n) is 7.31. The molecule has 4 heteroatoms. The number of halogens is 1. The molecule has 1 aromatic carbocycles. The summed E-state index contributed by atoms with van der Waals surface area (Å²) >= 11 is 0. The SMILES string of the molecule is CCOCCCNC(C(C)C)C(O)c1ccc(F)cc1. The number of aliphatic hydroxyl groups is 1. The monoisotopic (exact) mass is 283 g/mol. The van der Waals surface area contributed by atoms with Gasteiger partial charge in [-0.05, 0) is 43.5 Å². The van der Waals surface area contributed by atoms with Gasteiger partial charge in [0.05, 0.1) is 6.10 Å². The third-order valence-corrected chi connectivity index (χ3v) is 3.32. The van der Waals surface area contributed by atoms with Crippen LogP contribution in [0, 0.1) is 11.7 Å². The standard InChI is InChI=1S/C16H26FNO2/c1-4-20-11-5-10-18-15(12(2)3)16(19)13-6-8-14(17)9-7-13/h6-9,12,15-16,18-19H,4-5,10-11H2,1-3H3. The van der Waals surface area contributed by atoms with E-state index in [1.807, 2.05) is 6.92 Å². The highest BCUT2D eigenvalue weighted by atomic mass is 19.1. The lowest BCUT2D eigenvalue weighted by molar-refractivity contribution is 0.0999. The zero-order valence-corrected chi connectivity index (χ0v) is 12.6. The molecule has 1 rings (SSSR count). The fraction of sp³-hybridized carbons (Fsp3) is 0.625. The van der Waals surface area contributed by atoms with E-state index < -0.39 is 6.10 Å². The number of hydrogen-bond acceptors (Lipinski definition) is 3. The molecule has 1 aromatic rings. The summed E-state index contributed by atoms with van der Waals surface area (Å²) < 4.78 is 18.2. The molecule has 20 heavy (non-hydrogen) atoms. The van der Waals surface area contributed by atoms with Crippen LogP contribution in [0.25, 0.3) is 0 Å². The summed E-state index contributed by atoms with van der Waals surface area (Å²) in [5.74, 6) is -0.00568. The van der Waals surface area contributed by atoms with Gasteiger partial charge in [0.2, 0.25) is 0 Å². The first-order chi connectivity index (χ1) is 9.56. The minimum absolute atomic E-state index is 0.0536. The summed E-state index contributed by atoms with van der Waals surface area (Å²) in [6.07, 6.45) is 0.274. The molecule has 0 aliphatic carbocycles. The molecule has 0 radical (unpaired) electrons. The van der Waals surface area contributed by atoms with Crippen molar-refractivity contribution in [2.75, 3.05) is 19.8 Å². The quantitative estimate of drug-likeness (QED) is 0.685. The van der Waals surface area contributed by atoms with Gasteiger partial charge in [-0.25, -0.2) is 4.39 Å². The van der Waals surface area contributed by atoms with Gasteiger partial charge in [0.1, 0.15) is 5.82 Å². The molecular formula is C16H26FNO2. The van der Waals surface area contributed by atoms with Gasteiger partial charge in [0, 0.05) is 19.3 Å². The van der Waals surface area contributed by atoms with Gasteiger partial charge in [0.25, 0.3) is 0 Å². The van der Waals surface area contributed by atoms with Crippen LogP contribution in [0.15, 0.2) is 24.3 Å². The topological polar surface area (TPSA) is 41.5 Å². The minimum Gasteiger partial charge on any atom is -0.387 e. The molecule has 0 saturated carbocycles. The summed E-state index contributed by atoms with van der Waals surface area (Å²) in [6, 6.07) is 5.98. The maximum atomic E-state index is 12.9. The normalized spacial score (nSPS) is 14.5. The van der Waals surface area contributed by atoms with Crippen LogP contribution in [0.5, 0.6) is 0 Å². The molecule has 3 nitrogen and oxygen atoms in total. The van der Waals surface area contributed by atoms with Crippen molar-refractivity contribution < 1.29 is 14.2 Å². The average Bonchev–Trinajstić information content (AvgIpc) is 2.42. The lowest BCUT2D eigenvalue weighted by atomic mass is 9.93. The molecule has 2 N–H and O–H groups in total. The second kappa shape index (κ2) is 9.06. The molecule has 0 aromatic heterocycles. The van der Waals surface area contributed by atoms with Gasteiger partial charge in [-0.3, -0.25) is 0 Å². The second-order valence-corrected chi connectivity index (χ2v) is 5.27. The second-order valence-electron chi connectivity index (χ2n) is 5.27. The van der Waals surface area contributed by atoms with E-state index in [9.17, 15) is 9.50 Å². The lowest BCUT2D eigenvalue weighted by Gasteiger charge is -2.28. The molecule has 0 saturated heterocycles. The zero-order valence-electron chi connectivity index (χ0n) is 12.6. The molecule has 2 atom stereocenters. The summed E-state index contributed by atoms with van der Waals surface area (Å²) in [6.45, 7) is 8.34. The molecule has 0 spiro atoms. The number of nitrogens with one attached hydrogen (secondary N) is 1. The number of benzene rings is 1. The van der Waals surface area contributed by atoms with Crippen LogP contribution in [0.3, 0.4) is 0 Å². The Labute approximate surface area is 121 Å². The Morgan fingerprint density at radius 2 is 1.90 bits per heavy atom. The Balaban J connectivity index is 2.54.